The number of nitrogens with zero attached hydrogens (tertiary/aromatic N) is 2. The van der Waals surface area contributed by atoms with E-state index in [1.165, 1.54) is 0 Å². The van der Waals surface area contributed by atoms with E-state index < -0.39 is 0 Å². The van der Waals surface area contributed by atoms with Gasteiger partial charge in [-0.1, -0.05) is 20.4 Å². The van der Waals surface area contributed by atoms with Gasteiger partial charge in [0.25, 0.3) is 0 Å². The number of aromatic nitrogens is 1. The molecule has 4 heteroatoms. The molecule has 8 bridgehead atoms. The topological polar surface area (TPSA) is 52.5 Å². The number of H-pyrrole nitrogens is 1. The highest BCUT2D eigenvalue weighted by Gasteiger charge is 2.48. The lowest BCUT2D eigenvalue weighted by molar-refractivity contribution is 0.413. The predicted molar refractivity (Wildman–Crippen MR) is 117 cm³/mol. The van der Waals surface area contributed by atoms with Gasteiger partial charge in [0.15, 0.2) is 0 Å². The molecule has 28 heavy (non-hydrogen) atoms. The molecular formula is C24H24N4. The Kier molecular flexibility index (Phi) is 3.52. The Balaban J connectivity index is 1.71. The number of fused-ring (bicyclic) bond motifs is 6. The highest BCUT2D eigenvalue weighted by Crippen LogP contribution is 2.45. The Hall–Kier alpha value is -2.98. The van der Waals surface area contributed by atoms with E-state index in [-0.39, 0.29) is 17.0 Å². The van der Waals surface area contributed by atoms with Crippen molar-refractivity contribution in [1.82, 2.24) is 10.3 Å². The molecule has 5 heterocycles. The van der Waals surface area contributed by atoms with E-state index >= 15 is 0 Å². The molecule has 0 radical (unpaired) electrons. The van der Waals surface area contributed by atoms with E-state index in [0.29, 0.717) is 0 Å². The molecule has 1 saturated heterocycles. The van der Waals surface area contributed by atoms with Gasteiger partial charge in [-0.25, -0.2) is 9.98 Å². The molecule has 2 unspecified atom stereocenters. The summed E-state index contributed by atoms with van der Waals surface area (Å²) in [5.74, 6) is 0. The Labute approximate surface area is 164 Å². The highest BCUT2D eigenvalue weighted by atomic mass is 15.1. The van der Waals surface area contributed by atoms with Gasteiger partial charge < -0.3 is 4.98 Å². The molecule has 5 rings (SSSR count). The molecule has 140 valence electrons. The van der Waals surface area contributed by atoms with Crippen LogP contribution in [0.4, 0.5) is 0 Å². The van der Waals surface area contributed by atoms with Crippen molar-refractivity contribution >= 4 is 23.6 Å². The highest BCUT2D eigenvalue weighted by molar-refractivity contribution is 6.20. The van der Waals surface area contributed by atoms with Crippen LogP contribution in [0.25, 0.3) is 12.2 Å². The molecule has 4 nitrogen and oxygen atoms in total. The summed E-state index contributed by atoms with van der Waals surface area (Å²) in [7, 11) is 0. The molecular weight excluding hydrogens is 344 g/mol. The number of aliphatic imine (C=N–C) groups is 2. The van der Waals surface area contributed by atoms with Gasteiger partial charge in [0.2, 0.25) is 0 Å². The smallest absolute Gasteiger partial charge is 0.0658 e. The van der Waals surface area contributed by atoms with Crippen molar-refractivity contribution in [3.63, 3.8) is 0 Å². The summed E-state index contributed by atoms with van der Waals surface area (Å²) in [5, 5.41) is 5.83. The summed E-state index contributed by atoms with van der Waals surface area (Å²) in [5.41, 5.74) is 4.55. The fraction of sp³-hybridized carbons (Fsp3) is 0.250. The molecule has 0 aromatic carbocycles. The molecule has 0 aliphatic carbocycles. The SMILES string of the molecule is C=C1C2(C)C=C3C=CC(=N3)C=c3ccc([nH]3)=CC3=NC(=CC(N2)C1(C)C)C=C3. The molecule has 2 N–H and O–H groups in total. The standard InChI is InChI=1S/C24H24N4/c1-15-23(2,3)22-13-20-8-7-18(26-20)11-16-5-6-17(25-16)12-19-9-10-21(27-19)14-24(15,4)28-22/h5-14,22,25,28H,1H2,2-4H3. The monoisotopic (exact) mass is 368 g/mol. The zero-order valence-corrected chi connectivity index (χ0v) is 16.5. The van der Waals surface area contributed by atoms with Gasteiger partial charge in [-0.2, -0.15) is 0 Å². The molecule has 1 aromatic rings. The van der Waals surface area contributed by atoms with Crippen LogP contribution in [0.3, 0.4) is 0 Å². The normalized spacial score (nSPS) is 29.7. The average Bonchev–Trinajstić information content (AvgIpc) is 3.38. The van der Waals surface area contributed by atoms with Crippen molar-refractivity contribution in [3.8, 4) is 0 Å². The molecule has 2 atom stereocenters. The van der Waals surface area contributed by atoms with Crippen LogP contribution < -0.4 is 16.0 Å². The fourth-order valence-corrected chi connectivity index (χ4v) is 4.33. The lowest BCUT2D eigenvalue weighted by Gasteiger charge is -2.27. The third kappa shape index (κ3) is 2.72. The van der Waals surface area contributed by atoms with Gasteiger partial charge in [-0.05, 0) is 73.2 Å². The first-order valence-corrected chi connectivity index (χ1v) is 9.66. The summed E-state index contributed by atoms with van der Waals surface area (Å²) in [4.78, 5) is 13.0. The Morgan fingerprint density at radius 3 is 2.18 bits per heavy atom. The van der Waals surface area contributed by atoms with Gasteiger partial charge in [-0.15, -0.1) is 0 Å². The van der Waals surface area contributed by atoms with Gasteiger partial charge in [0.05, 0.1) is 28.4 Å². The van der Waals surface area contributed by atoms with Crippen LogP contribution in [0, 0.1) is 5.41 Å². The minimum atomic E-state index is -0.332. The Morgan fingerprint density at radius 1 is 0.893 bits per heavy atom. The van der Waals surface area contributed by atoms with E-state index in [1.54, 1.807) is 0 Å². The van der Waals surface area contributed by atoms with Gasteiger partial charge in [-0.3, -0.25) is 5.32 Å². The van der Waals surface area contributed by atoms with E-state index in [4.69, 9.17) is 9.98 Å². The number of allylic oxidation sites excluding steroid dienone is 4. The van der Waals surface area contributed by atoms with Crippen LogP contribution >= 0.6 is 0 Å². The number of hydrogen-bond donors (Lipinski definition) is 2. The molecule has 0 amide bonds. The van der Waals surface area contributed by atoms with Crippen LogP contribution in [-0.4, -0.2) is 28.0 Å². The van der Waals surface area contributed by atoms with E-state index in [9.17, 15) is 0 Å². The minimum absolute atomic E-state index is 0.0997. The maximum absolute atomic E-state index is 4.78. The van der Waals surface area contributed by atoms with E-state index in [2.05, 4.69) is 98.4 Å². The van der Waals surface area contributed by atoms with Crippen LogP contribution in [0.1, 0.15) is 20.8 Å². The van der Waals surface area contributed by atoms with Crippen molar-refractivity contribution in [1.29, 1.82) is 0 Å². The number of hydrogen-bond acceptors (Lipinski definition) is 3. The minimum Gasteiger partial charge on any atom is -0.355 e. The largest absolute Gasteiger partial charge is 0.355 e. The molecule has 0 saturated carbocycles. The molecule has 4 aliphatic rings. The third-order valence-electron chi connectivity index (χ3n) is 6.12. The van der Waals surface area contributed by atoms with E-state index in [1.807, 2.05) is 0 Å². The van der Waals surface area contributed by atoms with Crippen molar-refractivity contribution < 1.29 is 0 Å². The summed E-state index contributed by atoms with van der Waals surface area (Å²) in [6.07, 6.45) is 16.8. The van der Waals surface area contributed by atoms with Crippen molar-refractivity contribution in [2.75, 3.05) is 0 Å². The fourth-order valence-electron chi connectivity index (χ4n) is 4.33. The van der Waals surface area contributed by atoms with E-state index in [0.717, 1.165) is 39.1 Å². The number of rotatable bonds is 0. The van der Waals surface area contributed by atoms with Crippen molar-refractivity contribution in [2.24, 2.45) is 15.4 Å². The molecule has 4 aliphatic heterocycles. The van der Waals surface area contributed by atoms with Crippen molar-refractivity contribution in [3.05, 3.63) is 82.8 Å². The lowest BCUT2D eigenvalue weighted by Crippen LogP contribution is -2.39. The second-order valence-corrected chi connectivity index (χ2v) is 8.58. The summed E-state index contributed by atoms with van der Waals surface area (Å²) in [6, 6.07) is 4.26. The lowest BCUT2D eigenvalue weighted by atomic mass is 9.76. The average molecular weight is 368 g/mol. The van der Waals surface area contributed by atoms with Crippen LogP contribution in [0.5, 0.6) is 0 Å². The molecule has 0 spiro atoms. The first-order valence-electron chi connectivity index (χ1n) is 9.66. The number of aromatic amines is 1. The first kappa shape index (κ1) is 17.1. The first-order chi connectivity index (χ1) is 13.3. The quantitative estimate of drug-likeness (QED) is 0.680. The maximum Gasteiger partial charge on any atom is 0.0658 e. The second kappa shape index (κ2) is 5.76. The van der Waals surface area contributed by atoms with Crippen LogP contribution in [0.15, 0.2) is 82.1 Å². The Bertz CT molecular complexity index is 1190. The Morgan fingerprint density at radius 2 is 1.50 bits per heavy atom. The zero-order valence-electron chi connectivity index (χ0n) is 16.5. The summed E-state index contributed by atoms with van der Waals surface area (Å²) in [6.45, 7) is 11.1. The summed E-state index contributed by atoms with van der Waals surface area (Å²) < 4.78 is 0. The van der Waals surface area contributed by atoms with Crippen LogP contribution in [0.2, 0.25) is 0 Å². The van der Waals surface area contributed by atoms with Gasteiger partial charge in [0, 0.05) is 22.2 Å². The molecule has 1 fully saturated rings. The van der Waals surface area contributed by atoms with Crippen LogP contribution in [-0.2, 0) is 0 Å². The van der Waals surface area contributed by atoms with Gasteiger partial charge in [0.1, 0.15) is 0 Å². The second-order valence-electron chi connectivity index (χ2n) is 8.58. The van der Waals surface area contributed by atoms with Crippen molar-refractivity contribution in [2.45, 2.75) is 32.4 Å². The maximum atomic E-state index is 4.78. The molecule has 1 aromatic heterocycles. The van der Waals surface area contributed by atoms with Gasteiger partial charge >= 0.3 is 0 Å². The predicted octanol–water partition coefficient (Wildman–Crippen LogP) is 2.69. The number of nitrogens with one attached hydrogen (secondary N) is 2. The third-order valence-corrected chi connectivity index (χ3v) is 6.12. The zero-order chi connectivity index (χ0) is 19.5. The summed E-state index contributed by atoms with van der Waals surface area (Å²) >= 11 is 0.